The molecule has 16 heavy (non-hydrogen) atoms. The van der Waals surface area contributed by atoms with Crippen LogP contribution in [0.1, 0.15) is 5.56 Å². The molecule has 0 amide bonds. The molecule has 3 N–H and O–H groups in total. The molecule has 0 aliphatic carbocycles. The summed E-state index contributed by atoms with van der Waals surface area (Å²) < 4.78 is 1.86. The monoisotopic (exact) mass is 217 g/mol. The first-order valence-electron chi connectivity index (χ1n) is 5.20. The molecule has 0 aliphatic heterocycles. The van der Waals surface area contributed by atoms with Crippen molar-refractivity contribution in [3.05, 3.63) is 36.3 Å². The van der Waals surface area contributed by atoms with E-state index in [-0.39, 0.29) is 0 Å². The van der Waals surface area contributed by atoms with Crippen LogP contribution in [0.3, 0.4) is 0 Å². The number of nitrogens with zero attached hydrogens (tertiary/aromatic N) is 3. The van der Waals surface area contributed by atoms with Crippen LogP contribution in [0.4, 0.5) is 11.5 Å². The van der Waals surface area contributed by atoms with Crippen LogP contribution in [0.2, 0.25) is 0 Å². The highest BCUT2D eigenvalue weighted by atomic mass is 15.3. The van der Waals surface area contributed by atoms with Crippen molar-refractivity contribution in [2.45, 2.75) is 13.5 Å². The lowest BCUT2D eigenvalue weighted by atomic mass is 10.2. The summed E-state index contributed by atoms with van der Waals surface area (Å²) in [5, 5.41) is 7.31. The van der Waals surface area contributed by atoms with Gasteiger partial charge in [0.1, 0.15) is 5.82 Å². The van der Waals surface area contributed by atoms with E-state index < -0.39 is 0 Å². The third-order valence-corrected chi connectivity index (χ3v) is 2.40. The smallest absolute Gasteiger partial charge is 0.149 e. The number of pyridine rings is 1. The van der Waals surface area contributed by atoms with Crippen LogP contribution in [-0.4, -0.2) is 21.3 Å². The molecule has 0 spiro atoms. The van der Waals surface area contributed by atoms with Crippen LogP contribution in [0.5, 0.6) is 0 Å². The summed E-state index contributed by atoms with van der Waals surface area (Å²) >= 11 is 0. The molecule has 2 aromatic heterocycles. The second-order valence-electron chi connectivity index (χ2n) is 3.59. The zero-order valence-electron chi connectivity index (χ0n) is 9.22. The minimum atomic E-state index is 0.711. The van der Waals surface area contributed by atoms with E-state index >= 15 is 0 Å². The fraction of sp³-hybridized carbons (Fsp3) is 0.273. The van der Waals surface area contributed by atoms with E-state index in [4.69, 9.17) is 5.73 Å². The minimum Gasteiger partial charge on any atom is -0.396 e. The molecule has 2 rings (SSSR count). The maximum absolute atomic E-state index is 5.89. The molecule has 0 aliphatic rings. The lowest BCUT2D eigenvalue weighted by Gasteiger charge is -2.09. The Labute approximate surface area is 94.3 Å². The molecule has 0 saturated heterocycles. The molecule has 0 unspecified atom stereocenters. The van der Waals surface area contributed by atoms with Gasteiger partial charge >= 0.3 is 0 Å². The Morgan fingerprint density at radius 1 is 1.44 bits per heavy atom. The van der Waals surface area contributed by atoms with E-state index in [1.54, 1.807) is 12.4 Å². The van der Waals surface area contributed by atoms with Crippen molar-refractivity contribution < 1.29 is 0 Å². The Hall–Kier alpha value is -2.04. The summed E-state index contributed by atoms with van der Waals surface area (Å²) in [5.41, 5.74) is 7.64. The van der Waals surface area contributed by atoms with Crippen molar-refractivity contribution in [3.63, 3.8) is 0 Å². The molecule has 2 heterocycles. The molecular formula is C11H15N5. The Morgan fingerprint density at radius 2 is 2.31 bits per heavy atom. The number of aromatic nitrogens is 3. The summed E-state index contributed by atoms with van der Waals surface area (Å²) in [4.78, 5) is 4.19. The zero-order chi connectivity index (χ0) is 11.4. The number of nitrogens with one attached hydrogen (secondary N) is 1. The molecule has 5 nitrogen and oxygen atoms in total. The van der Waals surface area contributed by atoms with Crippen LogP contribution >= 0.6 is 0 Å². The van der Waals surface area contributed by atoms with E-state index in [1.807, 2.05) is 29.9 Å². The Morgan fingerprint density at radius 3 is 3.06 bits per heavy atom. The normalized spacial score (nSPS) is 10.3. The highest BCUT2D eigenvalue weighted by molar-refractivity contribution is 5.64. The number of aryl methyl sites for hydroxylation is 1. The number of anilines is 2. The van der Waals surface area contributed by atoms with Crippen molar-refractivity contribution in [2.24, 2.45) is 0 Å². The first-order valence-corrected chi connectivity index (χ1v) is 5.20. The summed E-state index contributed by atoms with van der Waals surface area (Å²) in [6.45, 7) is 3.51. The van der Waals surface area contributed by atoms with E-state index in [0.717, 1.165) is 24.5 Å². The van der Waals surface area contributed by atoms with E-state index in [0.29, 0.717) is 5.69 Å². The average molecular weight is 217 g/mol. The lowest BCUT2D eigenvalue weighted by Crippen LogP contribution is -2.13. The molecule has 0 aromatic carbocycles. The minimum absolute atomic E-state index is 0.711. The molecule has 0 atom stereocenters. The quantitative estimate of drug-likeness (QED) is 0.809. The topological polar surface area (TPSA) is 68.8 Å². The molecule has 0 fully saturated rings. The molecule has 0 radical (unpaired) electrons. The first-order chi connectivity index (χ1) is 7.77. The number of hydrogen-bond acceptors (Lipinski definition) is 4. The van der Waals surface area contributed by atoms with Crippen LogP contribution < -0.4 is 11.1 Å². The van der Waals surface area contributed by atoms with Gasteiger partial charge in [-0.2, -0.15) is 5.10 Å². The van der Waals surface area contributed by atoms with Gasteiger partial charge in [0, 0.05) is 25.1 Å². The van der Waals surface area contributed by atoms with Crippen LogP contribution in [0.15, 0.2) is 30.7 Å². The number of nitrogen functional groups attached to an aromatic ring is 1. The van der Waals surface area contributed by atoms with Gasteiger partial charge in [-0.25, -0.2) is 4.98 Å². The predicted molar refractivity (Wildman–Crippen MR) is 64.1 cm³/mol. The van der Waals surface area contributed by atoms with Gasteiger partial charge in [-0.05, 0) is 24.6 Å². The molecule has 84 valence electrons. The number of nitrogens with two attached hydrogens (primary N) is 1. The molecule has 0 bridgehead atoms. The number of hydrogen-bond donors (Lipinski definition) is 2. The second kappa shape index (κ2) is 4.65. The molecule has 0 saturated carbocycles. The number of rotatable bonds is 4. The Kier molecular flexibility index (Phi) is 3.05. The van der Waals surface area contributed by atoms with Gasteiger partial charge in [-0.1, -0.05) is 0 Å². The third kappa shape index (κ3) is 2.31. The van der Waals surface area contributed by atoms with Crippen molar-refractivity contribution in [1.29, 1.82) is 0 Å². The maximum atomic E-state index is 5.89. The lowest BCUT2D eigenvalue weighted by molar-refractivity contribution is 0.637. The summed E-state index contributed by atoms with van der Waals surface area (Å²) in [5.74, 6) is 0.743. The highest BCUT2D eigenvalue weighted by Crippen LogP contribution is 2.18. The maximum Gasteiger partial charge on any atom is 0.149 e. The zero-order valence-corrected chi connectivity index (χ0v) is 9.22. The van der Waals surface area contributed by atoms with Gasteiger partial charge in [-0.3, -0.25) is 4.68 Å². The highest BCUT2D eigenvalue weighted by Gasteiger charge is 2.01. The molecule has 5 heteroatoms. The average Bonchev–Trinajstić information content (AvgIpc) is 2.77. The van der Waals surface area contributed by atoms with Gasteiger partial charge in [0.25, 0.3) is 0 Å². The van der Waals surface area contributed by atoms with Crippen molar-refractivity contribution >= 4 is 11.5 Å². The van der Waals surface area contributed by atoms with Crippen molar-refractivity contribution in [3.8, 4) is 0 Å². The largest absolute Gasteiger partial charge is 0.396 e. The van der Waals surface area contributed by atoms with Gasteiger partial charge in [0.15, 0.2) is 0 Å². The van der Waals surface area contributed by atoms with E-state index in [2.05, 4.69) is 15.4 Å². The van der Waals surface area contributed by atoms with E-state index in [1.165, 1.54) is 0 Å². The first kappa shape index (κ1) is 10.5. The fourth-order valence-corrected chi connectivity index (χ4v) is 1.43. The predicted octanol–water partition coefficient (Wildman–Crippen LogP) is 1.28. The van der Waals surface area contributed by atoms with Crippen molar-refractivity contribution in [2.75, 3.05) is 17.6 Å². The van der Waals surface area contributed by atoms with E-state index in [9.17, 15) is 0 Å². The van der Waals surface area contributed by atoms with Crippen LogP contribution in [0.25, 0.3) is 0 Å². The fourth-order valence-electron chi connectivity index (χ4n) is 1.43. The van der Waals surface area contributed by atoms with Crippen molar-refractivity contribution in [1.82, 2.24) is 14.8 Å². The van der Waals surface area contributed by atoms with Gasteiger partial charge < -0.3 is 11.1 Å². The third-order valence-electron chi connectivity index (χ3n) is 2.40. The van der Waals surface area contributed by atoms with Gasteiger partial charge in [0.05, 0.1) is 12.2 Å². The second-order valence-corrected chi connectivity index (χ2v) is 3.59. The van der Waals surface area contributed by atoms with Crippen LogP contribution in [-0.2, 0) is 6.54 Å². The SMILES string of the molecule is Cc1ccnc(NCCn2cccn2)c1N. The Balaban J connectivity index is 1.92. The molecule has 2 aromatic rings. The van der Waals surface area contributed by atoms with Gasteiger partial charge in [-0.15, -0.1) is 0 Å². The standard InChI is InChI=1S/C11H15N5/c1-9-3-5-13-11(10(9)12)14-6-8-16-7-2-4-15-16/h2-5,7H,6,8,12H2,1H3,(H,13,14). The van der Waals surface area contributed by atoms with Crippen LogP contribution in [0, 0.1) is 6.92 Å². The van der Waals surface area contributed by atoms with Gasteiger partial charge in [0.2, 0.25) is 0 Å². The summed E-state index contributed by atoms with van der Waals surface area (Å²) in [6.07, 6.45) is 5.44. The Bertz CT molecular complexity index is 449. The summed E-state index contributed by atoms with van der Waals surface area (Å²) in [7, 11) is 0. The summed E-state index contributed by atoms with van der Waals surface area (Å²) in [6, 6.07) is 3.80. The molecular weight excluding hydrogens is 202 g/mol.